The molecule has 6 nitrogen and oxygen atoms in total. The summed E-state index contributed by atoms with van der Waals surface area (Å²) in [5, 5.41) is 18.0. The van der Waals surface area contributed by atoms with Gasteiger partial charge in [-0.1, -0.05) is 42.1 Å². The third kappa shape index (κ3) is 4.15. The van der Waals surface area contributed by atoms with Crippen molar-refractivity contribution < 1.29 is 9.53 Å². The van der Waals surface area contributed by atoms with Crippen LogP contribution in [-0.2, 0) is 16.1 Å². The molecule has 1 heterocycles. The molecule has 0 aliphatic heterocycles. The number of nitrogens with zero attached hydrogens (tertiary/aromatic N) is 4. The minimum Gasteiger partial charge on any atom is -0.447 e. The van der Waals surface area contributed by atoms with Crippen LogP contribution in [0.4, 0.5) is 0 Å². The summed E-state index contributed by atoms with van der Waals surface area (Å²) in [5.74, 6) is 1.15. The molecule has 3 rings (SSSR count). The molecule has 1 aliphatic carbocycles. The Morgan fingerprint density at radius 1 is 1.42 bits per heavy atom. The van der Waals surface area contributed by atoms with Gasteiger partial charge in [0.15, 0.2) is 11.3 Å². The SMILES string of the molecule is C[C@@H](C#N)OC(=O)CSc1nnc(C2CC2)n1Cc1ccccc1. The molecule has 24 heavy (non-hydrogen) atoms. The molecule has 1 aliphatic rings. The predicted octanol–water partition coefficient (Wildman–Crippen LogP) is 2.75. The summed E-state index contributed by atoms with van der Waals surface area (Å²) >= 11 is 1.30. The van der Waals surface area contributed by atoms with Gasteiger partial charge in [0.1, 0.15) is 11.9 Å². The van der Waals surface area contributed by atoms with Gasteiger partial charge in [-0.2, -0.15) is 5.26 Å². The van der Waals surface area contributed by atoms with Gasteiger partial charge in [0.2, 0.25) is 0 Å². The second-order valence-electron chi connectivity index (χ2n) is 5.74. The fourth-order valence-corrected chi connectivity index (χ4v) is 3.07. The van der Waals surface area contributed by atoms with Crippen LogP contribution in [0.2, 0.25) is 0 Å². The van der Waals surface area contributed by atoms with Gasteiger partial charge in [-0.25, -0.2) is 0 Å². The molecule has 0 radical (unpaired) electrons. The van der Waals surface area contributed by atoms with E-state index in [1.165, 1.54) is 17.3 Å². The lowest BCUT2D eigenvalue weighted by Gasteiger charge is -2.10. The average Bonchev–Trinajstić information content (AvgIpc) is 3.36. The van der Waals surface area contributed by atoms with Crippen LogP contribution < -0.4 is 0 Å². The van der Waals surface area contributed by atoms with Gasteiger partial charge in [-0.15, -0.1) is 10.2 Å². The molecule has 0 N–H and O–H groups in total. The van der Waals surface area contributed by atoms with Crippen molar-refractivity contribution in [3.05, 3.63) is 41.7 Å². The molecule has 0 bridgehead atoms. The maximum atomic E-state index is 11.8. The number of thioether (sulfide) groups is 1. The average molecular weight is 342 g/mol. The monoisotopic (exact) mass is 342 g/mol. The first-order valence-corrected chi connectivity index (χ1v) is 8.85. The Labute approximate surface area is 144 Å². The standard InChI is InChI=1S/C17H18N4O2S/c1-12(9-18)23-15(22)11-24-17-20-19-16(14-7-8-14)21(17)10-13-5-3-2-4-6-13/h2-6,12,14H,7-8,10-11H2,1H3/t12-/m0/s1. The van der Waals surface area contributed by atoms with Crippen molar-refractivity contribution in [2.24, 2.45) is 0 Å². The molecule has 0 saturated heterocycles. The number of ether oxygens (including phenoxy) is 1. The third-order valence-electron chi connectivity index (χ3n) is 3.68. The Kier molecular flexibility index (Phi) is 5.16. The number of nitriles is 1. The molecule has 0 unspecified atom stereocenters. The molecule has 7 heteroatoms. The van der Waals surface area contributed by atoms with E-state index in [-0.39, 0.29) is 5.75 Å². The molecule has 0 amide bonds. The van der Waals surface area contributed by atoms with Crippen LogP contribution in [0.3, 0.4) is 0 Å². The van der Waals surface area contributed by atoms with Crippen LogP contribution >= 0.6 is 11.8 Å². The molecule has 1 aromatic carbocycles. The Bertz CT molecular complexity index is 750. The molecule has 1 aromatic heterocycles. The Balaban J connectivity index is 1.71. The first-order chi connectivity index (χ1) is 11.7. The zero-order valence-corrected chi connectivity index (χ0v) is 14.2. The van der Waals surface area contributed by atoms with E-state index in [4.69, 9.17) is 10.00 Å². The summed E-state index contributed by atoms with van der Waals surface area (Å²) in [6.07, 6.45) is 1.54. The molecular weight excluding hydrogens is 324 g/mol. The van der Waals surface area contributed by atoms with E-state index in [2.05, 4.69) is 26.9 Å². The molecule has 2 aromatic rings. The summed E-state index contributed by atoms with van der Waals surface area (Å²) in [7, 11) is 0. The lowest BCUT2D eigenvalue weighted by molar-refractivity contribution is -0.142. The zero-order valence-electron chi connectivity index (χ0n) is 13.4. The van der Waals surface area contributed by atoms with Gasteiger partial charge >= 0.3 is 5.97 Å². The Morgan fingerprint density at radius 3 is 2.83 bits per heavy atom. The first-order valence-electron chi connectivity index (χ1n) is 7.86. The van der Waals surface area contributed by atoms with E-state index >= 15 is 0 Å². The number of hydrogen-bond acceptors (Lipinski definition) is 6. The zero-order chi connectivity index (χ0) is 16.9. The van der Waals surface area contributed by atoms with Gasteiger partial charge in [0.25, 0.3) is 0 Å². The summed E-state index contributed by atoms with van der Waals surface area (Å²) < 4.78 is 7.05. The number of hydrogen-bond donors (Lipinski definition) is 0. The highest BCUT2D eigenvalue weighted by molar-refractivity contribution is 7.99. The lowest BCUT2D eigenvalue weighted by atomic mass is 10.2. The highest BCUT2D eigenvalue weighted by atomic mass is 32.2. The first kappa shape index (κ1) is 16.5. The van der Waals surface area contributed by atoms with Crippen molar-refractivity contribution in [3.8, 4) is 6.07 Å². The van der Waals surface area contributed by atoms with Crippen LogP contribution in [-0.4, -0.2) is 32.6 Å². The van der Waals surface area contributed by atoms with Crippen molar-refractivity contribution >= 4 is 17.7 Å². The van der Waals surface area contributed by atoms with E-state index in [0.29, 0.717) is 17.6 Å². The van der Waals surface area contributed by atoms with E-state index in [1.54, 1.807) is 6.92 Å². The van der Waals surface area contributed by atoms with Crippen LogP contribution in [0.1, 0.15) is 37.1 Å². The maximum absolute atomic E-state index is 11.8. The van der Waals surface area contributed by atoms with Crippen LogP contribution in [0, 0.1) is 11.3 Å². The minimum absolute atomic E-state index is 0.115. The summed E-state index contributed by atoms with van der Waals surface area (Å²) in [6.45, 7) is 2.23. The van der Waals surface area contributed by atoms with Gasteiger partial charge in [0, 0.05) is 5.92 Å². The number of esters is 1. The molecule has 0 spiro atoms. The van der Waals surface area contributed by atoms with Gasteiger partial charge in [0.05, 0.1) is 12.3 Å². The fourth-order valence-electron chi connectivity index (χ4n) is 2.35. The van der Waals surface area contributed by atoms with Crippen LogP contribution in [0.15, 0.2) is 35.5 Å². The molecule has 1 fully saturated rings. The summed E-state index contributed by atoms with van der Waals surface area (Å²) in [4.78, 5) is 11.8. The van der Waals surface area contributed by atoms with Crippen LogP contribution in [0.25, 0.3) is 0 Å². The predicted molar refractivity (Wildman–Crippen MR) is 89.4 cm³/mol. The van der Waals surface area contributed by atoms with Crippen molar-refractivity contribution in [1.82, 2.24) is 14.8 Å². The van der Waals surface area contributed by atoms with Gasteiger partial charge in [-0.3, -0.25) is 4.79 Å². The van der Waals surface area contributed by atoms with E-state index < -0.39 is 12.1 Å². The largest absolute Gasteiger partial charge is 0.447 e. The van der Waals surface area contributed by atoms with Crippen molar-refractivity contribution in [2.75, 3.05) is 5.75 Å². The van der Waals surface area contributed by atoms with Crippen LogP contribution in [0.5, 0.6) is 0 Å². The smallest absolute Gasteiger partial charge is 0.317 e. The number of benzene rings is 1. The number of carbonyl (C=O) groups excluding carboxylic acids is 1. The topological polar surface area (TPSA) is 80.8 Å². The van der Waals surface area contributed by atoms with Gasteiger partial charge in [-0.05, 0) is 25.3 Å². The summed E-state index contributed by atoms with van der Waals surface area (Å²) in [6, 6.07) is 12.0. The highest BCUT2D eigenvalue weighted by Gasteiger charge is 2.30. The van der Waals surface area contributed by atoms with E-state index in [0.717, 1.165) is 18.7 Å². The minimum atomic E-state index is -0.734. The maximum Gasteiger partial charge on any atom is 0.317 e. The Morgan fingerprint density at radius 2 is 2.17 bits per heavy atom. The number of aromatic nitrogens is 3. The normalized spacial score (nSPS) is 14.8. The van der Waals surface area contributed by atoms with E-state index in [9.17, 15) is 4.79 Å². The highest BCUT2D eigenvalue weighted by Crippen LogP contribution is 2.40. The molecule has 1 atom stereocenters. The van der Waals surface area contributed by atoms with E-state index in [1.807, 2.05) is 24.3 Å². The molecule has 1 saturated carbocycles. The quantitative estimate of drug-likeness (QED) is 0.568. The number of rotatable bonds is 7. The second-order valence-corrected chi connectivity index (χ2v) is 6.68. The van der Waals surface area contributed by atoms with Crippen molar-refractivity contribution in [3.63, 3.8) is 0 Å². The van der Waals surface area contributed by atoms with Gasteiger partial charge < -0.3 is 9.30 Å². The number of carbonyl (C=O) groups is 1. The summed E-state index contributed by atoms with van der Waals surface area (Å²) in [5.41, 5.74) is 1.17. The molecule has 124 valence electrons. The second kappa shape index (κ2) is 7.49. The van der Waals surface area contributed by atoms with Crippen molar-refractivity contribution in [2.45, 2.75) is 43.5 Å². The Hall–Kier alpha value is -2.33. The lowest BCUT2D eigenvalue weighted by Crippen LogP contribution is -2.15. The molecular formula is C17H18N4O2S. The third-order valence-corrected chi connectivity index (χ3v) is 4.62. The fraction of sp³-hybridized carbons (Fsp3) is 0.412. The van der Waals surface area contributed by atoms with Crippen molar-refractivity contribution in [1.29, 1.82) is 5.26 Å².